The second-order valence-electron chi connectivity index (χ2n) is 6.20. The highest BCUT2D eigenvalue weighted by Gasteiger charge is 2.26. The average Bonchev–Trinajstić information content (AvgIpc) is 3.30. The van der Waals surface area contributed by atoms with E-state index in [4.69, 9.17) is 0 Å². The number of carbonyl (C=O) groups is 3. The summed E-state index contributed by atoms with van der Waals surface area (Å²) in [6, 6.07) is 6.09. The summed E-state index contributed by atoms with van der Waals surface area (Å²) in [4.78, 5) is 38.4. The van der Waals surface area contributed by atoms with Crippen molar-refractivity contribution in [3.8, 4) is 0 Å². The minimum Gasteiger partial charge on any atom is -0.358 e. The molecule has 3 rings (SSSR count). The maximum Gasteiger partial charge on any atom is 0.327 e. The number of nitrogens with one attached hydrogen (secondary N) is 4. The Morgan fingerprint density at radius 1 is 1.12 bits per heavy atom. The Hall–Kier alpha value is -2.83. The van der Waals surface area contributed by atoms with E-state index in [1.807, 2.05) is 32.0 Å². The number of rotatable bonds is 3. The van der Waals surface area contributed by atoms with Crippen LogP contribution in [0.15, 0.2) is 18.2 Å². The van der Waals surface area contributed by atoms with Crippen LogP contribution in [0.4, 0.5) is 0 Å². The van der Waals surface area contributed by atoms with E-state index in [-0.39, 0.29) is 18.4 Å². The second kappa shape index (κ2) is 6.35. The molecule has 1 aliphatic rings. The van der Waals surface area contributed by atoms with Crippen molar-refractivity contribution >= 4 is 28.6 Å². The van der Waals surface area contributed by atoms with Gasteiger partial charge in [-0.15, -0.1) is 0 Å². The van der Waals surface area contributed by atoms with Crippen LogP contribution in [0.5, 0.6) is 0 Å². The van der Waals surface area contributed by atoms with Crippen LogP contribution in [-0.4, -0.2) is 28.7 Å². The summed E-state index contributed by atoms with van der Waals surface area (Å²) in [6.45, 7) is 3.89. The number of hydrazine groups is 1. The van der Waals surface area contributed by atoms with Gasteiger partial charge in [-0.05, 0) is 44.4 Å². The van der Waals surface area contributed by atoms with Crippen LogP contribution in [-0.2, 0) is 20.8 Å². The van der Waals surface area contributed by atoms with Crippen LogP contribution in [0.2, 0.25) is 0 Å². The highest BCUT2D eigenvalue weighted by molar-refractivity contribution is 6.35. The van der Waals surface area contributed by atoms with Crippen molar-refractivity contribution in [3.05, 3.63) is 35.0 Å². The highest BCUT2D eigenvalue weighted by atomic mass is 16.2. The molecule has 0 saturated heterocycles. The smallest absolute Gasteiger partial charge is 0.327 e. The van der Waals surface area contributed by atoms with Crippen molar-refractivity contribution in [2.45, 2.75) is 39.2 Å². The number of fused-ring (bicyclic) bond motifs is 1. The van der Waals surface area contributed by atoms with E-state index in [0.717, 1.165) is 40.6 Å². The Morgan fingerprint density at radius 3 is 2.58 bits per heavy atom. The van der Waals surface area contributed by atoms with Gasteiger partial charge in [0.15, 0.2) is 0 Å². The Labute approximate surface area is 139 Å². The van der Waals surface area contributed by atoms with Gasteiger partial charge >= 0.3 is 11.8 Å². The SMILES string of the molecule is Cc1ccc2[nH]c(C)c(CC(=O)NNC(=O)C(=O)NC3CC3)c2c1. The molecule has 24 heavy (non-hydrogen) atoms. The Balaban J connectivity index is 1.60. The first-order valence-electron chi connectivity index (χ1n) is 7.91. The molecule has 7 heteroatoms. The number of carbonyl (C=O) groups excluding carboxylic acids is 3. The summed E-state index contributed by atoms with van der Waals surface area (Å²) in [5.74, 6) is -1.97. The van der Waals surface area contributed by atoms with E-state index in [1.165, 1.54) is 0 Å². The second-order valence-corrected chi connectivity index (χ2v) is 6.20. The molecule has 0 aliphatic heterocycles. The van der Waals surface area contributed by atoms with Gasteiger partial charge in [-0.2, -0.15) is 0 Å². The van der Waals surface area contributed by atoms with E-state index in [0.29, 0.717) is 0 Å². The molecule has 0 unspecified atom stereocenters. The molecule has 1 heterocycles. The third-order valence-electron chi connectivity index (χ3n) is 4.05. The van der Waals surface area contributed by atoms with Crippen molar-refractivity contribution in [2.75, 3.05) is 0 Å². The van der Waals surface area contributed by atoms with E-state index in [1.54, 1.807) is 0 Å². The molecule has 1 fully saturated rings. The Morgan fingerprint density at radius 2 is 1.88 bits per heavy atom. The molecule has 1 aromatic heterocycles. The molecular weight excluding hydrogens is 308 g/mol. The van der Waals surface area contributed by atoms with Crippen LogP contribution in [0.1, 0.15) is 29.7 Å². The molecule has 0 bridgehead atoms. The molecule has 1 aliphatic carbocycles. The minimum atomic E-state index is -0.859. The minimum absolute atomic E-state index is 0.0936. The largest absolute Gasteiger partial charge is 0.358 e. The van der Waals surface area contributed by atoms with Crippen molar-refractivity contribution in [1.29, 1.82) is 0 Å². The molecule has 0 atom stereocenters. The first kappa shape index (κ1) is 16.0. The van der Waals surface area contributed by atoms with Gasteiger partial charge in [0.25, 0.3) is 0 Å². The van der Waals surface area contributed by atoms with Gasteiger partial charge in [-0.3, -0.25) is 25.2 Å². The molecule has 126 valence electrons. The third-order valence-corrected chi connectivity index (χ3v) is 4.05. The van der Waals surface area contributed by atoms with E-state index < -0.39 is 11.8 Å². The maximum atomic E-state index is 12.1. The lowest BCUT2D eigenvalue weighted by molar-refractivity contribution is -0.140. The summed E-state index contributed by atoms with van der Waals surface area (Å²) >= 11 is 0. The number of H-pyrrole nitrogens is 1. The average molecular weight is 328 g/mol. The normalized spacial score (nSPS) is 13.6. The number of aromatic amines is 1. The third kappa shape index (κ3) is 3.56. The Kier molecular flexibility index (Phi) is 4.24. The molecule has 1 saturated carbocycles. The Bertz CT molecular complexity index is 821. The first-order valence-corrected chi connectivity index (χ1v) is 7.91. The summed E-state index contributed by atoms with van der Waals surface area (Å²) in [5, 5.41) is 3.54. The lowest BCUT2D eigenvalue weighted by Gasteiger charge is -2.08. The van der Waals surface area contributed by atoms with E-state index >= 15 is 0 Å². The molecule has 0 radical (unpaired) electrons. The fourth-order valence-corrected chi connectivity index (χ4v) is 2.59. The number of aromatic nitrogens is 1. The predicted octanol–water partition coefficient (Wildman–Crippen LogP) is 0.753. The molecular formula is C17H20N4O3. The van der Waals surface area contributed by atoms with Gasteiger partial charge in [0.1, 0.15) is 0 Å². The lowest BCUT2D eigenvalue weighted by atomic mass is 10.1. The van der Waals surface area contributed by atoms with Crippen LogP contribution < -0.4 is 16.2 Å². The number of benzene rings is 1. The monoisotopic (exact) mass is 328 g/mol. The first-order chi connectivity index (χ1) is 11.4. The highest BCUT2D eigenvalue weighted by Crippen LogP contribution is 2.23. The van der Waals surface area contributed by atoms with Crippen molar-refractivity contribution < 1.29 is 14.4 Å². The summed E-state index contributed by atoms with van der Waals surface area (Å²) in [7, 11) is 0. The van der Waals surface area contributed by atoms with Gasteiger partial charge in [0.05, 0.1) is 6.42 Å². The van der Waals surface area contributed by atoms with Gasteiger partial charge in [0, 0.05) is 22.6 Å². The quantitative estimate of drug-likeness (QED) is 0.494. The van der Waals surface area contributed by atoms with Gasteiger partial charge in [-0.25, -0.2) is 0 Å². The van der Waals surface area contributed by atoms with Gasteiger partial charge in [0.2, 0.25) is 5.91 Å². The van der Waals surface area contributed by atoms with Crippen LogP contribution in [0.25, 0.3) is 10.9 Å². The summed E-state index contributed by atoms with van der Waals surface area (Å²) in [6.07, 6.45) is 1.90. The van der Waals surface area contributed by atoms with Crippen molar-refractivity contribution in [2.24, 2.45) is 0 Å². The molecule has 2 aromatic rings. The predicted molar refractivity (Wildman–Crippen MR) is 88.9 cm³/mol. The van der Waals surface area contributed by atoms with E-state index in [9.17, 15) is 14.4 Å². The fourth-order valence-electron chi connectivity index (χ4n) is 2.59. The van der Waals surface area contributed by atoms with Crippen molar-refractivity contribution in [1.82, 2.24) is 21.2 Å². The summed E-state index contributed by atoms with van der Waals surface area (Å²) < 4.78 is 0. The molecule has 0 spiro atoms. The number of amides is 3. The molecule has 7 nitrogen and oxygen atoms in total. The van der Waals surface area contributed by atoms with Crippen LogP contribution in [0.3, 0.4) is 0 Å². The molecule has 3 amide bonds. The lowest BCUT2D eigenvalue weighted by Crippen LogP contribution is -2.49. The zero-order chi connectivity index (χ0) is 17.3. The molecule has 4 N–H and O–H groups in total. The fraction of sp³-hybridized carbons (Fsp3) is 0.353. The molecule has 1 aromatic carbocycles. The van der Waals surface area contributed by atoms with Gasteiger partial charge < -0.3 is 10.3 Å². The summed E-state index contributed by atoms with van der Waals surface area (Å²) in [5.41, 5.74) is 8.29. The van der Waals surface area contributed by atoms with Crippen LogP contribution >= 0.6 is 0 Å². The van der Waals surface area contributed by atoms with Gasteiger partial charge in [-0.1, -0.05) is 11.6 Å². The number of hydrogen-bond donors (Lipinski definition) is 4. The van der Waals surface area contributed by atoms with Crippen LogP contribution in [0, 0.1) is 13.8 Å². The zero-order valence-corrected chi connectivity index (χ0v) is 13.7. The zero-order valence-electron chi connectivity index (χ0n) is 13.7. The standard InChI is InChI=1S/C17H20N4O3/c1-9-3-6-14-13(7-9)12(10(2)18-14)8-15(22)20-21-17(24)16(23)19-11-4-5-11/h3,6-7,11,18H,4-5,8H2,1-2H3,(H,19,23)(H,20,22)(H,21,24). The topological polar surface area (TPSA) is 103 Å². The van der Waals surface area contributed by atoms with E-state index in [2.05, 4.69) is 21.2 Å². The van der Waals surface area contributed by atoms with Crippen molar-refractivity contribution in [3.63, 3.8) is 0 Å². The number of aryl methyl sites for hydroxylation is 2. The maximum absolute atomic E-state index is 12.1. The number of hydrogen-bond acceptors (Lipinski definition) is 3.